The first-order valence-corrected chi connectivity index (χ1v) is 7.17. The molecule has 1 aliphatic rings. The Morgan fingerprint density at radius 1 is 1.37 bits per heavy atom. The fraction of sp³-hybridized carbons (Fsp3) is 0.529. The number of nitrogens with one attached hydrogen (secondary N) is 1. The Morgan fingerprint density at radius 3 is 3.00 bits per heavy atom. The second-order valence-corrected chi connectivity index (χ2v) is 5.45. The van der Waals surface area contributed by atoms with Gasteiger partial charge in [-0.3, -0.25) is 0 Å². The Labute approximate surface area is 116 Å². The van der Waals surface area contributed by atoms with Gasteiger partial charge in [-0.05, 0) is 24.8 Å². The van der Waals surface area contributed by atoms with Crippen LogP contribution in [0.15, 0.2) is 24.3 Å². The summed E-state index contributed by atoms with van der Waals surface area (Å²) in [4.78, 5) is 0. The predicted molar refractivity (Wildman–Crippen MR) is 79.0 cm³/mol. The number of terminal acetylenes is 1. The van der Waals surface area contributed by atoms with Gasteiger partial charge in [0, 0.05) is 18.2 Å². The number of benzene rings is 1. The standard InChI is InChI=1S/C17H23NO/c1-3-11-19-17-10-5-4-8-15(17)13-18-16-9-6-7-14(2)12-16/h1,4-5,8,10,14,16,18H,6-7,9,11-13H2,2H3. The van der Waals surface area contributed by atoms with E-state index in [-0.39, 0.29) is 0 Å². The lowest BCUT2D eigenvalue weighted by atomic mass is 9.87. The van der Waals surface area contributed by atoms with E-state index in [1.807, 2.05) is 18.2 Å². The van der Waals surface area contributed by atoms with Crippen LogP contribution in [0.5, 0.6) is 5.75 Å². The zero-order valence-electron chi connectivity index (χ0n) is 11.7. The molecule has 19 heavy (non-hydrogen) atoms. The van der Waals surface area contributed by atoms with Gasteiger partial charge < -0.3 is 10.1 Å². The third-order valence-corrected chi connectivity index (χ3v) is 3.80. The number of hydrogen-bond acceptors (Lipinski definition) is 2. The molecule has 1 saturated carbocycles. The van der Waals surface area contributed by atoms with Crippen LogP contribution in [0.2, 0.25) is 0 Å². The first-order chi connectivity index (χ1) is 9.29. The molecule has 2 nitrogen and oxygen atoms in total. The summed E-state index contributed by atoms with van der Waals surface area (Å²) in [5.41, 5.74) is 1.19. The van der Waals surface area contributed by atoms with Crippen LogP contribution >= 0.6 is 0 Å². The van der Waals surface area contributed by atoms with E-state index in [1.165, 1.54) is 31.2 Å². The van der Waals surface area contributed by atoms with Gasteiger partial charge >= 0.3 is 0 Å². The number of para-hydroxylation sites is 1. The van der Waals surface area contributed by atoms with Crippen LogP contribution in [0.4, 0.5) is 0 Å². The molecule has 1 aliphatic carbocycles. The SMILES string of the molecule is C#CCOc1ccccc1CNC1CCCC(C)C1. The molecule has 102 valence electrons. The van der Waals surface area contributed by atoms with Crippen molar-refractivity contribution in [1.29, 1.82) is 0 Å². The molecule has 2 atom stereocenters. The van der Waals surface area contributed by atoms with Gasteiger partial charge in [0.05, 0.1) is 0 Å². The van der Waals surface area contributed by atoms with Crippen molar-refractivity contribution in [2.45, 2.75) is 45.2 Å². The van der Waals surface area contributed by atoms with Crippen molar-refractivity contribution < 1.29 is 4.74 Å². The zero-order valence-corrected chi connectivity index (χ0v) is 11.7. The molecule has 1 N–H and O–H groups in total. The quantitative estimate of drug-likeness (QED) is 0.817. The fourth-order valence-corrected chi connectivity index (χ4v) is 2.78. The summed E-state index contributed by atoms with van der Waals surface area (Å²) in [6.07, 6.45) is 10.5. The maximum Gasteiger partial charge on any atom is 0.148 e. The van der Waals surface area contributed by atoms with E-state index in [1.54, 1.807) is 0 Å². The highest BCUT2D eigenvalue weighted by Crippen LogP contribution is 2.24. The zero-order chi connectivity index (χ0) is 13.5. The smallest absolute Gasteiger partial charge is 0.148 e. The van der Waals surface area contributed by atoms with Crippen LogP contribution in [-0.2, 0) is 6.54 Å². The van der Waals surface area contributed by atoms with Crippen molar-refractivity contribution in [3.8, 4) is 18.1 Å². The summed E-state index contributed by atoms with van der Waals surface area (Å²) in [6, 6.07) is 8.76. The summed E-state index contributed by atoms with van der Waals surface area (Å²) < 4.78 is 5.57. The summed E-state index contributed by atoms with van der Waals surface area (Å²) >= 11 is 0. The molecule has 2 heteroatoms. The van der Waals surface area contributed by atoms with Gasteiger partial charge in [0.25, 0.3) is 0 Å². The van der Waals surface area contributed by atoms with E-state index in [9.17, 15) is 0 Å². The predicted octanol–water partition coefficient (Wildman–Crippen LogP) is 3.37. The molecule has 2 rings (SSSR count). The molecule has 0 bridgehead atoms. The maximum atomic E-state index is 5.57. The molecule has 1 aromatic rings. The molecule has 0 aliphatic heterocycles. The molecule has 0 saturated heterocycles. The monoisotopic (exact) mass is 257 g/mol. The van der Waals surface area contributed by atoms with Crippen molar-refractivity contribution in [2.24, 2.45) is 5.92 Å². The van der Waals surface area contributed by atoms with Crippen molar-refractivity contribution in [2.75, 3.05) is 6.61 Å². The van der Waals surface area contributed by atoms with Crippen LogP contribution in [0.25, 0.3) is 0 Å². The number of rotatable bonds is 5. The lowest BCUT2D eigenvalue weighted by Crippen LogP contribution is -2.33. The Balaban J connectivity index is 1.89. The average Bonchev–Trinajstić information content (AvgIpc) is 2.44. The molecule has 0 aromatic heterocycles. The van der Waals surface area contributed by atoms with E-state index >= 15 is 0 Å². The summed E-state index contributed by atoms with van der Waals surface area (Å²) in [6.45, 7) is 3.54. The van der Waals surface area contributed by atoms with Gasteiger partial charge in [0.2, 0.25) is 0 Å². The van der Waals surface area contributed by atoms with E-state index in [4.69, 9.17) is 11.2 Å². The molecule has 1 aromatic carbocycles. The van der Waals surface area contributed by atoms with Crippen LogP contribution < -0.4 is 10.1 Å². The highest BCUT2D eigenvalue weighted by Gasteiger charge is 2.18. The van der Waals surface area contributed by atoms with E-state index in [2.05, 4.69) is 24.2 Å². The Kier molecular flexibility index (Phi) is 5.30. The van der Waals surface area contributed by atoms with E-state index < -0.39 is 0 Å². The van der Waals surface area contributed by atoms with Gasteiger partial charge in [-0.25, -0.2) is 0 Å². The second kappa shape index (κ2) is 7.21. The normalized spacial score (nSPS) is 22.7. The topological polar surface area (TPSA) is 21.3 Å². The van der Waals surface area contributed by atoms with Crippen LogP contribution in [-0.4, -0.2) is 12.6 Å². The molecule has 0 radical (unpaired) electrons. The average molecular weight is 257 g/mol. The molecule has 0 amide bonds. The minimum atomic E-state index is 0.331. The van der Waals surface area contributed by atoms with Crippen molar-refractivity contribution in [1.82, 2.24) is 5.32 Å². The third kappa shape index (κ3) is 4.29. The van der Waals surface area contributed by atoms with Gasteiger partial charge in [0.1, 0.15) is 12.4 Å². The Morgan fingerprint density at radius 2 is 2.21 bits per heavy atom. The highest BCUT2D eigenvalue weighted by atomic mass is 16.5. The van der Waals surface area contributed by atoms with Gasteiger partial charge in [-0.1, -0.05) is 43.9 Å². The lowest BCUT2D eigenvalue weighted by Gasteiger charge is -2.27. The van der Waals surface area contributed by atoms with Crippen LogP contribution in [0, 0.1) is 18.3 Å². The first-order valence-electron chi connectivity index (χ1n) is 7.17. The summed E-state index contributed by atoms with van der Waals surface area (Å²) in [5, 5.41) is 3.65. The second-order valence-electron chi connectivity index (χ2n) is 5.45. The summed E-state index contributed by atoms with van der Waals surface area (Å²) in [5.74, 6) is 4.26. The summed E-state index contributed by atoms with van der Waals surface area (Å²) in [7, 11) is 0. The molecule has 1 fully saturated rings. The maximum absolute atomic E-state index is 5.57. The molecule has 2 unspecified atom stereocenters. The van der Waals surface area contributed by atoms with E-state index in [0.717, 1.165) is 18.2 Å². The Hall–Kier alpha value is -1.46. The first kappa shape index (κ1) is 14.0. The minimum absolute atomic E-state index is 0.331. The van der Waals surface area contributed by atoms with Gasteiger partial charge in [-0.15, -0.1) is 6.42 Å². The number of ether oxygens (including phenoxy) is 1. The van der Waals surface area contributed by atoms with Crippen molar-refractivity contribution in [3.63, 3.8) is 0 Å². The van der Waals surface area contributed by atoms with Gasteiger partial charge in [-0.2, -0.15) is 0 Å². The van der Waals surface area contributed by atoms with E-state index in [0.29, 0.717) is 12.6 Å². The van der Waals surface area contributed by atoms with Crippen LogP contribution in [0.3, 0.4) is 0 Å². The number of hydrogen-bond donors (Lipinski definition) is 1. The molecule has 0 heterocycles. The van der Waals surface area contributed by atoms with Crippen molar-refractivity contribution >= 4 is 0 Å². The largest absolute Gasteiger partial charge is 0.481 e. The fourth-order valence-electron chi connectivity index (χ4n) is 2.78. The lowest BCUT2D eigenvalue weighted by molar-refractivity contribution is 0.298. The molecular formula is C17H23NO. The Bertz CT molecular complexity index is 435. The molecule has 0 spiro atoms. The highest BCUT2D eigenvalue weighted by molar-refractivity contribution is 5.33. The molecular weight excluding hydrogens is 234 g/mol. The third-order valence-electron chi connectivity index (χ3n) is 3.80. The van der Waals surface area contributed by atoms with Crippen LogP contribution in [0.1, 0.15) is 38.2 Å². The minimum Gasteiger partial charge on any atom is -0.481 e. The van der Waals surface area contributed by atoms with Gasteiger partial charge in [0.15, 0.2) is 0 Å². The van der Waals surface area contributed by atoms with Crippen molar-refractivity contribution in [3.05, 3.63) is 29.8 Å².